The molecular weight excluding hydrogens is 276 g/mol. The van der Waals surface area contributed by atoms with Gasteiger partial charge in [0.2, 0.25) is 10.0 Å². The van der Waals surface area contributed by atoms with Crippen LogP contribution >= 0.6 is 11.6 Å². The summed E-state index contributed by atoms with van der Waals surface area (Å²) >= 11 is 5.80. The van der Waals surface area contributed by atoms with Gasteiger partial charge in [0.25, 0.3) is 0 Å². The SMILES string of the molecule is CC1(NS(=O)(=O)c2cc(Cl)ccc2N)CCOC1. The van der Waals surface area contributed by atoms with Crippen LogP contribution < -0.4 is 10.5 Å². The summed E-state index contributed by atoms with van der Waals surface area (Å²) in [4.78, 5) is 0.00289. The van der Waals surface area contributed by atoms with E-state index in [1.54, 1.807) is 13.0 Å². The van der Waals surface area contributed by atoms with Crippen molar-refractivity contribution in [3.05, 3.63) is 23.2 Å². The normalized spacial score (nSPS) is 24.3. The molecule has 1 aromatic rings. The molecule has 0 amide bonds. The van der Waals surface area contributed by atoms with Crippen molar-refractivity contribution < 1.29 is 13.2 Å². The highest BCUT2D eigenvalue weighted by atomic mass is 35.5. The van der Waals surface area contributed by atoms with Crippen molar-refractivity contribution in [1.82, 2.24) is 4.72 Å². The smallest absolute Gasteiger partial charge is 0.243 e. The van der Waals surface area contributed by atoms with E-state index in [0.29, 0.717) is 24.7 Å². The van der Waals surface area contributed by atoms with E-state index >= 15 is 0 Å². The second kappa shape index (κ2) is 4.70. The topological polar surface area (TPSA) is 81.4 Å². The summed E-state index contributed by atoms with van der Waals surface area (Å²) in [6, 6.07) is 4.37. The van der Waals surface area contributed by atoms with Gasteiger partial charge in [-0.2, -0.15) is 0 Å². The lowest BCUT2D eigenvalue weighted by atomic mass is 10.0. The predicted molar refractivity (Wildman–Crippen MR) is 70.0 cm³/mol. The highest BCUT2D eigenvalue weighted by molar-refractivity contribution is 7.89. The Morgan fingerprint density at radius 2 is 2.22 bits per heavy atom. The molecule has 0 bridgehead atoms. The number of benzene rings is 1. The molecule has 1 aliphatic rings. The molecule has 18 heavy (non-hydrogen) atoms. The number of hydrogen-bond donors (Lipinski definition) is 2. The fourth-order valence-corrected chi connectivity index (χ4v) is 3.68. The molecule has 7 heteroatoms. The minimum Gasteiger partial charge on any atom is -0.398 e. The summed E-state index contributed by atoms with van der Waals surface area (Å²) in [5.74, 6) is 0. The van der Waals surface area contributed by atoms with Crippen LogP contribution in [0.4, 0.5) is 5.69 Å². The number of rotatable bonds is 3. The minimum absolute atomic E-state index is 0.00289. The summed E-state index contributed by atoms with van der Waals surface area (Å²) in [7, 11) is -3.69. The van der Waals surface area contributed by atoms with Crippen LogP contribution in [0, 0.1) is 0 Å². The molecule has 0 spiro atoms. The number of nitrogen functional groups attached to an aromatic ring is 1. The Labute approximate surface area is 111 Å². The van der Waals surface area contributed by atoms with Gasteiger partial charge in [-0.15, -0.1) is 0 Å². The average Bonchev–Trinajstić information content (AvgIpc) is 2.67. The molecular formula is C11H15ClN2O3S. The van der Waals surface area contributed by atoms with Gasteiger partial charge >= 0.3 is 0 Å². The number of halogens is 1. The lowest BCUT2D eigenvalue weighted by molar-refractivity contribution is 0.178. The molecule has 0 aromatic heterocycles. The van der Waals surface area contributed by atoms with E-state index in [9.17, 15) is 8.42 Å². The predicted octanol–water partition coefficient (Wildman–Crippen LogP) is 1.38. The third kappa shape index (κ3) is 2.77. The fourth-order valence-electron chi connectivity index (χ4n) is 1.87. The Morgan fingerprint density at radius 1 is 1.50 bits per heavy atom. The molecule has 1 aliphatic heterocycles. The first kappa shape index (κ1) is 13.6. The molecule has 1 atom stereocenters. The number of nitrogens with two attached hydrogens (primary N) is 1. The molecule has 0 radical (unpaired) electrons. The van der Waals surface area contributed by atoms with E-state index in [-0.39, 0.29) is 10.6 Å². The molecule has 1 heterocycles. The highest BCUT2D eigenvalue weighted by Gasteiger charge is 2.35. The van der Waals surface area contributed by atoms with Gasteiger partial charge in [0.05, 0.1) is 17.8 Å². The van der Waals surface area contributed by atoms with Gasteiger partial charge in [-0.1, -0.05) is 11.6 Å². The third-order valence-corrected chi connectivity index (χ3v) is 4.79. The molecule has 2 rings (SSSR count). The summed E-state index contributed by atoms with van der Waals surface area (Å²) in [5, 5.41) is 0.331. The lowest BCUT2D eigenvalue weighted by Gasteiger charge is -2.23. The van der Waals surface area contributed by atoms with Crippen molar-refractivity contribution in [3.8, 4) is 0 Å². The van der Waals surface area contributed by atoms with Gasteiger partial charge < -0.3 is 10.5 Å². The van der Waals surface area contributed by atoms with Gasteiger partial charge in [-0.25, -0.2) is 13.1 Å². The van der Waals surface area contributed by atoms with Crippen LogP contribution in [0.25, 0.3) is 0 Å². The van der Waals surface area contributed by atoms with Crippen LogP contribution in [0.5, 0.6) is 0 Å². The quantitative estimate of drug-likeness (QED) is 0.824. The first-order valence-corrected chi connectivity index (χ1v) is 7.35. The summed E-state index contributed by atoms with van der Waals surface area (Å²) in [6.07, 6.45) is 0.632. The molecule has 1 fully saturated rings. The molecule has 100 valence electrons. The Kier molecular flexibility index (Phi) is 3.55. The zero-order valence-corrected chi connectivity index (χ0v) is 11.5. The largest absolute Gasteiger partial charge is 0.398 e. The molecule has 0 saturated carbocycles. The summed E-state index contributed by atoms with van der Waals surface area (Å²) < 4.78 is 32.4. The van der Waals surface area contributed by atoms with Crippen LogP contribution in [-0.4, -0.2) is 27.2 Å². The average molecular weight is 291 g/mol. The number of nitrogens with one attached hydrogen (secondary N) is 1. The summed E-state index contributed by atoms with van der Waals surface area (Å²) in [5.41, 5.74) is 5.27. The maximum Gasteiger partial charge on any atom is 0.243 e. The molecule has 0 aliphatic carbocycles. The van der Waals surface area contributed by atoms with E-state index < -0.39 is 15.6 Å². The van der Waals surface area contributed by atoms with Crippen molar-refractivity contribution in [1.29, 1.82) is 0 Å². The summed E-state index contributed by atoms with van der Waals surface area (Å²) in [6.45, 7) is 2.70. The van der Waals surface area contributed by atoms with Gasteiger partial charge in [0.1, 0.15) is 4.90 Å². The number of sulfonamides is 1. The molecule has 1 saturated heterocycles. The van der Waals surface area contributed by atoms with Crippen molar-refractivity contribution in [2.45, 2.75) is 23.8 Å². The Morgan fingerprint density at radius 3 is 2.83 bits per heavy atom. The van der Waals surface area contributed by atoms with E-state index in [2.05, 4.69) is 4.72 Å². The Hall–Kier alpha value is -0.820. The number of anilines is 1. The van der Waals surface area contributed by atoms with Gasteiger partial charge in [0, 0.05) is 11.6 Å². The fraction of sp³-hybridized carbons (Fsp3) is 0.455. The van der Waals surface area contributed by atoms with E-state index in [0.717, 1.165) is 0 Å². The van der Waals surface area contributed by atoms with Crippen LogP contribution in [0.3, 0.4) is 0 Å². The van der Waals surface area contributed by atoms with Gasteiger partial charge in [-0.05, 0) is 31.5 Å². The Balaban J connectivity index is 2.33. The van der Waals surface area contributed by atoms with Crippen molar-refractivity contribution in [2.75, 3.05) is 18.9 Å². The first-order chi connectivity index (χ1) is 8.32. The maximum atomic E-state index is 12.3. The van der Waals surface area contributed by atoms with Crippen molar-refractivity contribution in [2.24, 2.45) is 0 Å². The maximum absolute atomic E-state index is 12.3. The van der Waals surface area contributed by atoms with Gasteiger partial charge in [0.15, 0.2) is 0 Å². The minimum atomic E-state index is -3.69. The van der Waals surface area contributed by atoms with Crippen molar-refractivity contribution >= 4 is 27.3 Å². The number of hydrogen-bond acceptors (Lipinski definition) is 4. The standard InChI is InChI=1S/C11H15ClN2O3S/c1-11(4-5-17-7-11)14-18(15,16)10-6-8(12)2-3-9(10)13/h2-3,6,14H,4-5,7,13H2,1H3. The highest BCUT2D eigenvalue weighted by Crippen LogP contribution is 2.26. The van der Waals surface area contributed by atoms with Gasteiger partial charge in [-0.3, -0.25) is 0 Å². The van der Waals surface area contributed by atoms with E-state index in [1.807, 2.05) is 0 Å². The lowest BCUT2D eigenvalue weighted by Crippen LogP contribution is -2.46. The van der Waals surface area contributed by atoms with Crippen LogP contribution in [0.1, 0.15) is 13.3 Å². The van der Waals surface area contributed by atoms with Crippen LogP contribution in [0.15, 0.2) is 23.1 Å². The van der Waals surface area contributed by atoms with Crippen LogP contribution in [-0.2, 0) is 14.8 Å². The molecule has 5 nitrogen and oxygen atoms in total. The second-order valence-corrected chi connectivity index (χ2v) is 6.74. The third-order valence-electron chi connectivity index (χ3n) is 2.86. The first-order valence-electron chi connectivity index (χ1n) is 5.49. The molecule has 3 N–H and O–H groups in total. The molecule has 1 unspecified atom stereocenters. The zero-order valence-electron chi connectivity index (χ0n) is 9.94. The molecule has 1 aromatic carbocycles. The van der Waals surface area contributed by atoms with E-state index in [4.69, 9.17) is 22.1 Å². The second-order valence-electron chi connectivity index (χ2n) is 4.65. The van der Waals surface area contributed by atoms with Crippen molar-refractivity contribution in [3.63, 3.8) is 0 Å². The van der Waals surface area contributed by atoms with E-state index in [1.165, 1.54) is 12.1 Å². The monoisotopic (exact) mass is 290 g/mol. The Bertz CT molecular complexity index is 553. The zero-order chi connectivity index (χ0) is 13.4. The van der Waals surface area contributed by atoms with Crippen LogP contribution in [0.2, 0.25) is 5.02 Å². The number of ether oxygens (including phenoxy) is 1.